The van der Waals surface area contributed by atoms with Crippen LogP contribution in [0.5, 0.6) is 0 Å². The number of nitrogens with one attached hydrogen (secondary N) is 1. The van der Waals surface area contributed by atoms with Crippen LogP contribution in [0.3, 0.4) is 0 Å². The second-order valence-corrected chi connectivity index (χ2v) is 5.91. The van der Waals surface area contributed by atoms with Crippen LogP contribution < -0.4 is 4.89 Å². The lowest BCUT2D eigenvalue weighted by molar-refractivity contribution is -0.384. The quantitative estimate of drug-likeness (QED) is 0.358. The summed E-state index contributed by atoms with van der Waals surface area (Å²) in [6, 6.07) is 5.40. The summed E-state index contributed by atoms with van der Waals surface area (Å²) in [6.07, 6.45) is 0. The zero-order valence-corrected chi connectivity index (χ0v) is 12.9. The third-order valence-electron chi connectivity index (χ3n) is 2.43. The van der Waals surface area contributed by atoms with Crippen molar-refractivity contribution in [1.82, 2.24) is 4.89 Å². The summed E-state index contributed by atoms with van der Waals surface area (Å²) in [7, 11) is -2.21. The number of ether oxygens (including phenoxy) is 2. The number of hydrogen-bond donors (Lipinski definition) is 1. The summed E-state index contributed by atoms with van der Waals surface area (Å²) < 4.78 is 33.4. The van der Waals surface area contributed by atoms with Gasteiger partial charge in [0.2, 0.25) is 10.0 Å². The average molecular weight is 334 g/mol. The van der Waals surface area contributed by atoms with Crippen molar-refractivity contribution in [3.63, 3.8) is 0 Å². The molecule has 0 heterocycles. The number of non-ortho nitro benzene ring substituents is 1. The number of hydrogen-bond acceptors (Lipinski definition) is 7. The maximum absolute atomic E-state index is 11.7. The van der Waals surface area contributed by atoms with Crippen LogP contribution in [0.25, 0.3) is 0 Å². The van der Waals surface area contributed by atoms with E-state index in [-0.39, 0.29) is 18.9 Å². The summed E-state index contributed by atoms with van der Waals surface area (Å²) in [5.41, 5.74) is 0.127. The Balaban J connectivity index is 2.37. The standard InChI is InChI=1S/C12H18N2O7S/c1-19-5-6-20-7-8-21-13-22(17,18)10-11-3-2-4-12(9-11)14(15)16/h2-4,9,13H,5-8,10H2,1H3. The Hall–Kier alpha value is -1.59. The van der Waals surface area contributed by atoms with E-state index >= 15 is 0 Å². The summed E-state index contributed by atoms with van der Waals surface area (Å²) in [5, 5.41) is 10.6. The fraction of sp³-hybridized carbons (Fsp3) is 0.500. The highest BCUT2D eigenvalue weighted by molar-refractivity contribution is 7.88. The van der Waals surface area contributed by atoms with Crippen LogP contribution in [0, 0.1) is 10.1 Å². The minimum atomic E-state index is -3.75. The van der Waals surface area contributed by atoms with Crippen molar-refractivity contribution in [3.05, 3.63) is 39.9 Å². The highest BCUT2D eigenvalue weighted by atomic mass is 32.2. The zero-order chi connectivity index (χ0) is 16.4. The Morgan fingerprint density at radius 1 is 1.23 bits per heavy atom. The van der Waals surface area contributed by atoms with Gasteiger partial charge in [0.25, 0.3) is 5.69 Å². The highest BCUT2D eigenvalue weighted by Gasteiger charge is 2.14. The molecular formula is C12H18N2O7S. The molecule has 0 atom stereocenters. The molecule has 0 aliphatic rings. The van der Waals surface area contributed by atoms with Crippen LogP contribution in [-0.2, 0) is 30.1 Å². The van der Waals surface area contributed by atoms with Gasteiger partial charge in [-0.05, 0) is 5.56 Å². The molecule has 124 valence electrons. The largest absolute Gasteiger partial charge is 0.382 e. The van der Waals surface area contributed by atoms with Crippen molar-refractivity contribution in [2.45, 2.75) is 5.75 Å². The van der Waals surface area contributed by atoms with Gasteiger partial charge in [-0.25, -0.2) is 8.42 Å². The van der Waals surface area contributed by atoms with Gasteiger partial charge in [0, 0.05) is 19.2 Å². The van der Waals surface area contributed by atoms with Crippen molar-refractivity contribution in [3.8, 4) is 0 Å². The summed E-state index contributed by atoms with van der Waals surface area (Å²) in [4.78, 5) is 16.8. The molecule has 0 spiro atoms. The molecule has 0 fully saturated rings. The third kappa shape index (κ3) is 7.43. The van der Waals surface area contributed by atoms with E-state index in [9.17, 15) is 18.5 Å². The lowest BCUT2D eigenvalue weighted by Crippen LogP contribution is -2.27. The molecule has 0 unspecified atom stereocenters. The Kier molecular flexibility index (Phi) is 7.91. The van der Waals surface area contributed by atoms with Gasteiger partial charge in [0.15, 0.2) is 0 Å². The fourth-order valence-corrected chi connectivity index (χ4v) is 2.43. The van der Waals surface area contributed by atoms with E-state index in [0.717, 1.165) is 0 Å². The molecule has 0 amide bonds. The minimum Gasteiger partial charge on any atom is -0.382 e. The van der Waals surface area contributed by atoms with Crippen molar-refractivity contribution in [2.24, 2.45) is 0 Å². The molecule has 1 rings (SSSR count). The normalized spacial score (nSPS) is 11.5. The highest BCUT2D eigenvalue weighted by Crippen LogP contribution is 2.14. The molecule has 0 radical (unpaired) electrons. The van der Waals surface area contributed by atoms with E-state index in [2.05, 4.69) is 0 Å². The third-order valence-corrected chi connectivity index (χ3v) is 3.51. The van der Waals surface area contributed by atoms with Crippen LogP contribution in [-0.4, -0.2) is 46.9 Å². The Bertz CT molecular complexity index is 577. The van der Waals surface area contributed by atoms with Crippen LogP contribution >= 0.6 is 0 Å². The van der Waals surface area contributed by atoms with E-state index in [0.29, 0.717) is 18.8 Å². The second-order valence-electron chi connectivity index (χ2n) is 4.22. The summed E-state index contributed by atoms with van der Waals surface area (Å²) in [5.74, 6) is -0.417. The smallest absolute Gasteiger partial charge is 0.269 e. The molecule has 0 saturated carbocycles. The van der Waals surface area contributed by atoms with Crippen molar-refractivity contribution in [2.75, 3.05) is 33.5 Å². The molecule has 1 aromatic rings. The first-order valence-electron chi connectivity index (χ1n) is 6.36. The lowest BCUT2D eigenvalue weighted by Gasteiger charge is -2.08. The monoisotopic (exact) mass is 334 g/mol. The van der Waals surface area contributed by atoms with Gasteiger partial charge in [0.1, 0.15) is 0 Å². The molecule has 1 aromatic carbocycles. The number of methoxy groups -OCH3 is 1. The molecule has 10 heteroatoms. The number of benzene rings is 1. The Morgan fingerprint density at radius 2 is 1.95 bits per heavy atom. The molecule has 0 aliphatic carbocycles. The van der Waals surface area contributed by atoms with Gasteiger partial charge in [0.05, 0.1) is 37.1 Å². The maximum atomic E-state index is 11.7. The van der Waals surface area contributed by atoms with Crippen molar-refractivity contribution >= 4 is 15.7 Å². The first-order valence-corrected chi connectivity index (χ1v) is 8.01. The summed E-state index contributed by atoms with van der Waals surface area (Å²) >= 11 is 0. The average Bonchev–Trinajstić information content (AvgIpc) is 2.46. The molecule has 0 bridgehead atoms. The predicted molar refractivity (Wildman–Crippen MR) is 77.5 cm³/mol. The molecule has 0 aliphatic heterocycles. The SMILES string of the molecule is COCCOCCONS(=O)(=O)Cc1cccc([N+](=O)[O-])c1. The topological polar surface area (TPSA) is 117 Å². The van der Waals surface area contributed by atoms with E-state index in [1.807, 2.05) is 4.89 Å². The van der Waals surface area contributed by atoms with Gasteiger partial charge in [-0.3, -0.25) is 15.0 Å². The molecule has 22 heavy (non-hydrogen) atoms. The first kappa shape index (κ1) is 18.5. The van der Waals surface area contributed by atoms with Crippen LogP contribution in [0.4, 0.5) is 5.69 Å². The van der Waals surface area contributed by atoms with E-state index in [4.69, 9.17) is 14.3 Å². The summed E-state index contributed by atoms with van der Waals surface area (Å²) in [6.45, 7) is 1.08. The van der Waals surface area contributed by atoms with Crippen LogP contribution in [0.1, 0.15) is 5.56 Å². The van der Waals surface area contributed by atoms with E-state index in [1.165, 1.54) is 24.3 Å². The number of sulfonamides is 1. The molecule has 9 nitrogen and oxygen atoms in total. The van der Waals surface area contributed by atoms with Crippen molar-refractivity contribution in [1.29, 1.82) is 0 Å². The number of nitro groups is 1. The number of nitro benzene ring substituents is 1. The van der Waals surface area contributed by atoms with Gasteiger partial charge in [-0.15, -0.1) is 0 Å². The van der Waals surface area contributed by atoms with Gasteiger partial charge < -0.3 is 9.47 Å². The Labute approximate surface area is 128 Å². The van der Waals surface area contributed by atoms with Gasteiger partial charge >= 0.3 is 0 Å². The Morgan fingerprint density at radius 3 is 2.64 bits per heavy atom. The minimum absolute atomic E-state index is 0.0396. The predicted octanol–water partition coefficient (Wildman–Crippen LogP) is 0.609. The van der Waals surface area contributed by atoms with Crippen LogP contribution in [0.15, 0.2) is 24.3 Å². The van der Waals surface area contributed by atoms with Crippen LogP contribution in [0.2, 0.25) is 0 Å². The van der Waals surface area contributed by atoms with Gasteiger partial charge in [-0.1, -0.05) is 17.0 Å². The zero-order valence-electron chi connectivity index (χ0n) is 12.1. The van der Waals surface area contributed by atoms with Crippen molar-refractivity contribution < 1.29 is 27.7 Å². The molecular weight excluding hydrogens is 316 g/mol. The maximum Gasteiger partial charge on any atom is 0.269 e. The molecule has 1 N–H and O–H groups in total. The lowest BCUT2D eigenvalue weighted by atomic mass is 10.2. The van der Waals surface area contributed by atoms with Gasteiger partial charge in [-0.2, -0.15) is 0 Å². The van der Waals surface area contributed by atoms with E-state index in [1.54, 1.807) is 7.11 Å². The number of nitrogens with zero attached hydrogens (tertiary/aromatic N) is 1. The number of rotatable bonds is 11. The van der Waals surface area contributed by atoms with E-state index < -0.39 is 20.7 Å². The fourth-order valence-electron chi connectivity index (χ4n) is 1.49. The molecule has 0 saturated heterocycles. The second kappa shape index (κ2) is 9.43. The molecule has 0 aromatic heterocycles. The first-order chi connectivity index (χ1) is 10.4.